The van der Waals surface area contributed by atoms with Gasteiger partial charge in [-0.2, -0.15) is 0 Å². The van der Waals surface area contributed by atoms with Gasteiger partial charge in [0.2, 0.25) is 5.88 Å². The van der Waals surface area contributed by atoms with E-state index in [1.807, 2.05) is 18.2 Å². The number of nitrogens with zero attached hydrogens (tertiary/aromatic N) is 1. The van der Waals surface area contributed by atoms with E-state index >= 15 is 0 Å². The molecule has 1 N–H and O–H groups in total. The molecule has 1 aromatic heterocycles. The van der Waals surface area contributed by atoms with Gasteiger partial charge in [0.05, 0.1) is 19.9 Å². The lowest BCUT2D eigenvalue weighted by Crippen LogP contribution is -2.16. The molecule has 2 aromatic rings. The van der Waals surface area contributed by atoms with E-state index < -0.39 is 0 Å². The number of ether oxygens (including phenoxy) is 1. The highest BCUT2D eigenvalue weighted by Crippen LogP contribution is 2.51. The average molecular weight is 329 g/mol. The molecule has 0 unspecified atom stereocenters. The van der Waals surface area contributed by atoms with Crippen LogP contribution < -0.4 is 4.74 Å². The van der Waals surface area contributed by atoms with Crippen LogP contribution in [-0.4, -0.2) is 17.2 Å². The molecule has 0 bridgehead atoms. The highest BCUT2D eigenvalue weighted by molar-refractivity contribution is 5.70. The van der Waals surface area contributed by atoms with Gasteiger partial charge in [-0.3, -0.25) is 0 Å². The molecule has 1 saturated carbocycles. The molecule has 0 saturated heterocycles. The van der Waals surface area contributed by atoms with Crippen molar-refractivity contribution in [3.63, 3.8) is 0 Å². The molecule has 24 heavy (non-hydrogen) atoms. The molecule has 1 aliphatic rings. The summed E-state index contributed by atoms with van der Waals surface area (Å²) in [7, 11) is 1.53. The van der Waals surface area contributed by atoms with Gasteiger partial charge in [0.25, 0.3) is 0 Å². The van der Waals surface area contributed by atoms with Crippen LogP contribution in [0.25, 0.3) is 11.1 Å². The standard InChI is InChI=1S/C20H24FNO2/c1-20(2)8-4-5-17(20)15-9-13(12-23)6-7-14(15)16-10-19(24-3)22-11-18(16)21/h6-7,9-11,17,23H,4-5,8,12H2,1-3H3/t17-/m1/s1. The Labute approximate surface area is 142 Å². The van der Waals surface area contributed by atoms with Crippen molar-refractivity contribution in [3.8, 4) is 17.0 Å². The number of rotatable bonds is 4. The van der Waals surface area contributed by atoms with Crippen molar-refractivity contribution in [2.75, 3.05) is 7.11 Å². The molecule has 0 aliphatic heterocycles. The summed E-state index contributed by atoms with van der Waals surface area (Å²) in [5, 5.41) is 9.53. The molecule has 128 valence electrons. The van der Waals surface area contributed by atoms with Crippen molar-refractivity contribution in [3.05, 3.63) is 47.4 Å². The van der Waals surface area contributed by atoms with Crippen molar-refractivity contribution in [2.24, 2.45) is 5.41 Å². The summed E-state index contributed by atoms with van der Waals surface area (Å²) in [4.78, 5) is 3.94. The summed E-state index contributed by atoms with van der Waals surface area (Å²) in [5.74, 6) is 0.386. The third-order valence-corrected chi connectivity index (χ3v) is 5.26. The van der Waals surface area contributed by atoms with Gasteiger partial charge in [-0.1, -0.05) is 38.5 Å². The van der Waals surface area contributed by atoms with Crippen molar-refractivity contribution in [1.29, 1.82) is 0 Å². The van der Waals surface area contributed by atoms with Gasteiger partial charge < -0.3 is 9.84 Å². The van der Waals surface area contributed by atoms with Gasteiger partial charge in [0, 0.05) is 11.6 Å². The molecule has 1 fully saturated rings. The molecule has 0 radical (unpaired) electrons. The summed E-state index contributed by atoms with van der Waals surface area (Å²) in [5.41, 5.74) is 3.50. The third kappa shape index (κ3) is 3.03. The minimum Gasteiger partial charge on any atom is -0.481 e. The van der Waals surface area contributed by atoms with Crippen molar-refractivity contribution in [1.82, 2.24) is 4.98 Å². The molecule has 4 heteroatoms. The topological polar surface area (TPSA) is 42.4 Å². The van der Waals surface area contributed by atoms with Crippen LogP contribution >= 0.6 is 0 Å². The summed E-state index contributed by atoms with van der Waals surface area (Å²) < 4.78 is 19.6. The van der Waals surface area contributed by atoms with E-state index in [0.29, 0.717) is 17.4 Å². The van der Waals surface area contributed by atoms with Crippen molar-refractivity contribution >= 4 is 0 Å². The second-order valence-corrected chi connectivity index (χ2v) is 7.22. The highest BCUT2D eigenvalue weighted by Gasteiger charge is 2.37. The number of pyridine rings is 1. The highest BCUT2D eigenvalue weighted by atomic mass is 19.1. The maximum Gasteiger partial charge on any atom is 0.213 e. The molecule has 1 aromatic carbocycles. The first-order chi connectivity index (χ1) is 11.5. The van der Waals surface area contributed by atoms with E-state index in [1.165, 1.54) is 19.7 Å². The predicted octanol–water partition coefficient (Wildman–Crippen LogP) is 4.68. The van der Waals surface area contributed by atoms with Crippen LogP contribution in [0.1, 0.15) is 50.2 Å². The first-order valence-electron chi connectivity index (χ1n) is 8.40. The van der Waals surface area contributed by atoms with Crippen LogP contribution in [0.15, 0.2) is 30.5 Å². The largest absolute Gasteiger partial charge is 0.481 e. The van der Waals surface area contributed by atoms with Crippen LogP contribution in [0.5, 0.6) is 5.88 Å². The molecule has 1 heterocycles. The van der Waals surface area contributed by atoms with Crippen LogP contribution in [0.3, 0.4) is 0 Å². The van der Waals surface area contributed by atoms with Crippen molar-refractivity contribution < 1.29 is 14.2 Å². The molecular weight excluding hydrogens is 305 g/mol. The zero-order valence-electron chi connectivity index (χ0n) is 14.5. The Morgan fingerprint density at radius 1 is 1.29 bits per heavy atom. The quantitative estimate of drug-likeness (QED) is 0.885. The molecule has 3 nitrogen and oxygen atoms in total. The molecule has 0 amide bonds. The van der Waals surface area contributed by atoms with E-state index in [-0.39, 0.29) is 17.8 Å². The number of aromatic nitrogens is 1. The fraction of sp³-hybridized carbons (Fsp3) is 0.450. The maximum atomic E-state index is 14.5. The number of hydrogen-bond donors (Lipinski definition) is 1. The minimum absolute atomic E-state index is 0.0113. The first kappa shape index (κ1) is 16.9. The smallest absolute Gasteiger partial charge is 0.213 e. The second-order valence-electron chi connectivity index (χ2n) is 7.22. The molecule has 1 aliphatic carbocycles. The predicted molar refractivity (Wildman–Crippen MR) is 92.5 cm³/mol. The van der Waals surface area contributed by atoms with E-state index in [2.05, 4.69) is 18.8 Å². The van der Waals surface area contributed by atoms with E-state index in [1.54, 1.807) is 6.07 Å². The van der Waals surface area contributed by atoms with Gasteiger partial charge >= 0.3 is 0 Å². The fourth-order valence-electron chi connectivity index (χ4n) is 3.88. The Balaban J connectivity index is 2.18. The zero-order chi connectivity index (χ0) is 17.3. The van der Waals surface area contributed by atoms with E-state index in [9.17, 15) is 9.50 Å². The van der Waals surface area contributed by atoms with Crippen LogP contribution in [0.4, 0.5) is 4.39 Å². The van der Waals surface area contributed by atoms with E-state index in [0.717, 1.165) is 29.5 Å². The maximum absolute atomic E-state index is 14.5. The Hall–Kier alpha value is -1.94. The summed E-state index contributed by atoms with van der Waals surface area (Å²) >= 11 is 0. The summed E-state index contributed by atoms with van der Waals surface area (Å²) in [6.07, 6.45) is 4.61. The van der Waals surface area contributed by atoms with Gasteiger partial charge in [-0.05, 0) is 40.9 Å². The number of hydrogen-bond acceptors (Lipinski definition) is 3. The Kier molecular flexibility index (Phi) is 4.59. The number of methoxy groups -OCH3 is 1. The lowest BCUT2D eigenvalue weighted by Gasteiger charge is -2.29. The lowest BCUT2D eigenvalue weighted by molar-refractivity contribution is 0.281. The number of halogens is 1. The van der Waals surface area contributed by atoms with Crippen LogP contribution in [0, 0.1) is 11.2 Å². The normalized spacial score (nSPS) is 19.5. The van der Waals surface area contributed by atoms with E-state index in [4.69, 9.17) is 4.74 Å². The van der Waals surface area contributed by atoms with Gasteiger partial charge in [-0.25, -0.2) is 9.37 Å². The number of benzene rings is 1. The Morgan fingerprint density at radius 2 is 2.08 bits per heavy atom. The molecule has 0 spiro atoms. The summed E-state index contributed by atoms with van der Waals surface area (Å²) in [6.45, 7) is 4.52. The molecule has 1 atom stereocenters. The minimum atomic E-state index is -0.357. The molecular formula is C20H24FNO2. The lowest BCUT2D eigenvalue weighted by atomic mass is 9.75. The molecule has 3 rings (SSSR count). The third-order valence-electron chi connectivity index (χ3n) is 5.26. The van der Waals surface area contributed by atoms with Crippen molar-refractivity contribution in [2.45, 2.75) is 45.6 Å². The first-order valence-corrected chi connectivity index (χ1v) is 8.40. The zero-order valence-corrected chi connectivity index (χ0v) is 14.5. The number of aliphatic hydroxyl groups excluding tert-OH is 1. The SMILES string of the molecule is COc1cc(-c2ccc(CO)cc2[C@H]2CCCC2(C)C)c(F)cn1. The van der Waals surface area contributed by atoms with Gasteiger partial charge in [-0.15, -0.1) is 0 Å². The van der Waals surface area contributed by atoms with Crippen LogP contribution in [-0.2, 0) is 6.61 Å². The van der Waals surface area contributed by atoms with Crippen LogP contribution in [0.2, 0.25) is 0 Å². The summed E-state index contributed by atoms with van der Waals surface area (Å²) in [6, 6.07) is 7.44. The second kappa shape index (κ2) is 6.52. The Morgan fingerprint density at radius 3 is 2.71 bits per heavy atom. The number of aliphatic hydroxyl groups is 1. The average Bonchev–Trinajstić information content (AvgIpc) is 2.94. The fourth-order valence-corrected chi connectivity index (χ4v) is 3.88. The monoisotopic (exact) mass is 329 g/mol. The van der Waals surface area contributed by atoms with Gasteiger partial charge in [0.1, 0.15) is 5.82 Å². The van der Waals surface area contributed by atoms with Gasteiger partial charge in [0.15, 0.2) is 0 Å². The Bertz CT molecular complexity index is 742.